The van der Waals surface area contributed by atoms with E-state index in [0.717, 1.165) is 0 Å². The Morgan fingerprint density at radius 3 is 2.57 bits per heavy atom. The van der Waals surface area contributed by atoms with Gasteiger partial charge in [0, 0.05) is 17.3 Å². The Bertz CT molecular complexity index is 320. The van der Waals surface area contributed by atoms with Crippen LogP contribution in [0, 0.1) is 5.82 Å². The Kier molecular flexibility index (Phi) is 2.96. The summed E-state index contributed by atoms with van der Waals surface area (Å²) >= 11 is 0. The first-order chi connectivity index (χ1) is 6.38. The van der Waals surface area contributed by atoms with Crippen LogP contribution >= 0.6 is 0 Å². The van der Waals surface area contributed by atoms with Gasteiger partial charge in [-0.1, -0.05) is 0 Å². The molecule has 14 heavy (non-hydrogen) atoms. The first-order valence-electron chi connectivity index (χ1n) is 4.35. The highest BCUT2D eigenvalue weighted by molar-refractivity contribution is 5.42. The van der Waals surface area contributed by atoms with Crippen molar-refractivity contribution in [2.45, 2.75) is 19.4 Å². The molecule has 1 aromatic carbocycles. The molecule has 0 saturated heterocycles. The molecule has 0 aliphatic carbocycles. The summed E-state index contributed by atoms with van der Waals surface area (Å²) in [5.41, 5.74) is 11.0. The fraction of sp³-hybridized carbons (Fsp3) is 0.400. The summed E-state index contributed by atoms with van der Waals surface area (Å²) in [5.74, 6) is -0.285. The average Bonchev–Trinajstić information content (AvgIpc) is 2.00. The third-order valence-corrected chi connectivity index (χ3v) is 1.56. The fourth-order valence-electron chi connectivity index (χ4n) is 0.898. The van der Waals surface area contributed by atoms with Gasteiger partial charge in [0.05, 0.1) is 0 Å². The molecule has 0 radical (unpaired) electrons. The molecule has 0 amide bonds. The quantitative estimate of drug-likeness (QED) is 0.724. The van der Waals surface area contributed by atoms with Crippen LogP contribution < -0.4 is 16.2 Å². The van der Waals surface area contributed by atoms with E-state index < -0.39 is 11.4 Å². The van der Waals surface area contributed by atoms with Gasteiger partial charge in [0.25, 0.3) is 0 Å². The van der Waals surface area contributed by atoms with Crippen molar-refractivity contribution in [3.8, 4) is 5.75 Å². The standard InChI is InChI=1S/C10H15FN2O/c1-10(2,13)6-14-9-4-3-7(12)5-8(9)11/h3-5H,6,12-13H2,1-2H3. The number of hydrogen-bond acceptors (Lipinski definition) is 3. The minimum atomic E-state index is -0.478. The van der Waals surface area contributed by atoms with Gasteiger partial charge in [-0.3, -0.25) is 0 Å². The van der Waals surface area contributed by atoms with E-state index in [9.17, 15) is 4.39 Å². The van der Waals surface area contributed by atoms with Crippen molar-refractivity contribution in [3.63, 3.8) is 0 Å². The number of ether oxygens (including phenoxy) is 1. The lowest BCUT2D eigenvalue weighted by Crippen LogP contribution is -2.38. The average molecular weight is 198 g/mol. The molecular formula is C10H15FN2O. The summed E-state index contributed by atoms with van der Waals surface area (Å²) < 4.78 is 18.4. The monoisotopic (exact) mass is 198 g/mol. The van der Waals surface area contributed by atoms with Gasteiger partial charge in [-0.25, -0.2) is 4.39 Å². The maximum absolute atomic E-state index is 13.2. The van der Waals surface area contributed by atoms with Gasteiger partial charge in [0.2, 0.25) is 0 Å². The van der Waals surface area contributed by atoms with Crippen LogP contribution in [-0.4, -0.2) is 12.1 Å². The van der Waals surface area contributed by atoms with Gasteiger partial charge in [0.15, 0.2) is 11.6 Å². The zero-order valence-electron chi connectivity index (χ0n) is 8.38. The van der Waals surface area contributed by atoms with E-state index in [2.05, 4.69) is 0 Å². The number of rotatable bonds is 3. The molecule has 0 aliphatic heterocycles. The first kappa shape index (κ1) is 10.8. The van der Waals surface area contributed by atoms with Gasteiger partial charge in [-0.2, -0.15) is 0 Å². The Hall–Kier alpha value is -1.29. The van der Waals surface area contributed by atoms with E-state index in [1.165, 1.54) is 12.1 Å². The molecule has 0 unspecified atom stereocenters. The van der Waals surface area contributed by atoms with Crippen molar-refractivity contribution in [2.24, 2.45) is 5.73 Å². The molecule has 0 heterocycles. The summed E-state index contributed by atoms with van der Waals surface area (Å²) in [5, 5.41) is 0. The maximum atomic E-state index is 13.2. The number of anilines is 1. The first-order valence-corrected chi connectivity index (χ1v) is 4.35. The highest BCUT2D eigenvalue weighted by Crippen LogP contribution is 2.19. The summed E-state index contributed by atoms with van der Waals surface area (Å²) in [6.45, 7) is 3.87. The molecule has 1 rings (SSSR count). The van der Waals surface area contributed by atoms with Crippen molar-refractivity contribution in [1.29, 1.82) is 0 Å². The van der Waals surface area contributed by atoms with Gasteiger partial charge in [-0.05, 0) is 26.0 Å². The van der Waals surface area contributed by atoms with E-state index in [1.54, 1.807) is 6.07 Å². The lowest BCUT2D eigenvalue weighted by Gasteiger charge is -2.19. The van der Waals surface area contributed by atoms with Crippen molar-refractivity contribution in [2.75, 3.05) is 12.3 Å². The largest absolute Gasteiger partial charge is 0.489 e. The molecule has 0 fully saturated rings. The van der Waals surface area contributed by atoms with E-state index in [1.807, 2.05) is 13.8 Å². The molecule has 0 saturated carbocycles. The third kappa shape index (κ3) is 3.22. The third-order valence-electron chi connectivity index (χ3n) is 1.56. The second-order valence-corrected chi connectivity index (χ2v) is 3.97. The predicted molar refractivity (Wildman–Crippen MR) is 54.6 cm³/mol. The molecule has 0 bridgehead atoms. The molecule has 78 valence electrons. The van der Waals surface area contributed by atoms with Crippen LogP contribution in [0.2, 0.25) is 0 Å². The summed E-state index contributed by atoms with van der Waals surface area (Å²) in [6.07, 6.45) is 0. The van der Waals surface area contributed by atoms with Gasteiger partial charge in [-0.15, -0.1) is 0 Å². The Morgan fingerprint density at radius 1 is 1.43 bits per heavy atom. The Morgan fingerprint density at radius 2 is 2.07 bits per heavy atom. The second-order valence-electron chi connectivity index (χ2n) is 3.97. The van der Waals surface area contributed by atoms with Crippen LogP contribution in [0.3, 0.4) is 0 Å². The number of halogens is 1. The summed E-state index contributed by atoms with van der Waals surface area (Å²) in [7, 11) is 0. The topological polar surface area (TPSA) is 61.3 Å². The van der Waals surface area contributed by atoms with E-state index in [-0.39, 0.29) is 12.4 Å². The maximum Gasteiger partial charge on any atom is 0.167 e. The highest BCUT2D eigenvalue weighted by atomic mass is 19.1. The van der Waals surface area contributed by atoms with Crippen LogP contribution in [0.25, 0.3) is 0 Å². The normalized spacial score (nSPS) is 11.4. The van der Waals surface area contributed by atoms with E-state index >= 15 is 0 Å². The molecule has 1 aromatic rings. The zero-order chi connectivity index (χ0) is 10.8. The fourth-order valence-corrected chi connectivity index (χ4v) is 0.898. The Labute approximate surface area is 82.9 Å². The molecule has 3 nitrogen and oxygen atoms in total. The lowest BCUT2D eigenvalue weighted by molar-refractivity contribution is 0.234. The number of nitrogens with two attached hydrogens (primary N) is 2. The molecule has 4 heteroatoms. The summed E-state index contributed by atoms with van der Waals surface area (Å²) in [6, 6.07) is 4.30. The van der Waals surface area contributed by atoms with Crippen molar-refractivity contribution >= 4 is 5.69 Å². The van der Waals surface area contributed by atoms with E-state index in [0.29, 0.717) is 5.69 Å². The minimum Gasteiger partial charge on any atom is -0.489 e. The van der Waals surface area contributed by atoms with Crippen LogP contribution in [-0.2, 0) is 0 Å². The van der Waals surface area contributed by atoms with Crippen LogP contribution in [0.5, 0.6) is 5.75 Å². The van der Waals surface area contributed by atoms with Crippen LogP contribution in [0.15, 0.2) is 18.2 Å². The lowest BCUT2D eigenvalue weighted by atomic mass is 10.1. The molecule has 0 spiro atoms. The van der Waals surface area contributed by atoms with Crippen molar-refractivity contribution < 1.29 is 9.13 Å². The van der Waals surface area contributed by atoms with Gasteiger partial charge in [0.1, 0.15) is 6.61 Å². The smallest absolute Gasteiger partial charge is 0.167 e. The molecule has 0 atom stereocenters. The highest BCUT2D eigenvalue weighted by Gasteiger charge is 2.13. The number of hydrogen-bond donors (Lipinski definition) is 2. The Balaban J connectivity index is 2.68. The SMILES string of the molecule is CC(C)(N)COc1ccc(N)cc1F. The number of nitrogen functional groups attached to an aromatic ring is 1. The van der Waals surface area contributed by atoms with E-state index in [4.69, 9.17) is 16.2 Å². The molecular weight excluding hydrogens is 183 g/mol. The predicted octanol–water partition coefficient (Wildman–Crippen LogP) is 1.52. The van der Waals surface area contributed by atoms with Crippen LogP contribution in [0.1, 0.15) is 13.8 Å². The number of benzene rings is 1. The second kappa shape index (κ2) is 3.84. The van der Waals surface area contributed by atoms with Crippen molar-refractivity contribution in [1.82, 2.24) is 0 Å². The molecule has 0 aliphatic rings. The molecule has 4 N–H and O–H groups in total. The van der Waals surface area contributed by atoms with Gasteiger partial charge < -0.3 is 16.2 Å². The zero-order valence-corrected chi connectivity index (χ0v) is 8.38. The summed E-state index contributed by atoms with van der Waals surface area (Å²) in [4.78, 5) is 0. The van der Waals surface area contributed by atoms with Crippen LogP contribution in [0.4, 0.5) is 10.1 Å². The minimum absolute atomic E-state index is 0.178. The van der Waals surface area contributed by atoms with Crippen molar-refractivity contribution in [3.05, 3.63) is 24.0 Å². The molecule has 0 aromatic heterocycles. The van der Waals surface area contributed by atoms with Gasteiger partial charge >= 0.3 is 0 Å².